The Bertz CT molecular complexity index is 240. The SMILES string of the molecule is CCOC(CCC(=O)O)(OCC)OCC.F[B-](F)(F)F. The molecule has 0 unspecified atom stereocenters. The van der Waals surface area contributed by atoms with E-state index in [2.05, 4.69) is 0 Å². The lowest BCUT2D eigenvalue weighted by Crippen LogP contribution is -2.40. The van der Waals surface area contributed by atoms with Crippen LogP contribution in [0.1, 0.15) is 33.6 Å². The lowest BCUT2D eigenvalue weighted by Gasteiger charge is -2.31. The third kappa shape index (κ3) is 15.2. The molecule has 0 amide bonds. The van der Waals surface area contributed by atoms with E-state index in [-0.39, 0.29) is 12.8 Å². The van der Waals surface area contributed by atoms with Gasteiger partial charge in [0.1, 0.15) is 0 Å². The van der Waals surface area contributed by atoms with Gasteiger partial charge in [0, 0.05) is 26.2 Å². The van der Waals surface area contributed by atoms with E-state index < -0.39 is 19.2 Å². The molecular formula is C10H20BF4O5-. The molecule has 0 heterocycles. The average molecular weight is 307 g/mol. The molecule has 0 aliphatic heterocycles. The molecule has 0 fully saturated rings. The van der Waals surface area contributed by atoms with Gasteiger partial charge in [-0.3, -0.25) is 4.79 Å². The van der Waals surface area contributed by atoms with Gasteiger partial charge >= 0.3 is 13.2 Å². The monoisotopic (exact) mass is 307 g/mol. The van der Waals surface area contributed by atoms with Crippen molar-refractivity contribution in [3.05, 3.63) is 0 Å². The zero-order chi connectivity index (χ0) is 16.2. The number of rotatable bonds is 9. The van der Waals surface area contributed by atoms with Gasteiger partial charge in [0.25, 0.3) is 5.97 Å². The average Bonchev–Trinajstić information content (AvgIpc) is 2.25. The van der Waals surface area contributed by atoms with E-state index in [4.69, 9.17) is 19.3 Å². The molecule has 0 radical (unpaired) electrons. The molecule has 0 aliphatic carbocycles. The predicted molar refractivity (Wildman–Crippen MR) is 64.7 cm³/mol. The molecule has 122 valence electrons. The number of halogens is 4. The maximum atomic E-state index is 10.5. The molecule has 0 aromatic heterocycles. The summed E-state index contributed by atoms with van der Waals surface area (Å²) in [6, 6.07) is 0. The molecule has 0 saturated heterocycles. The van der Waals surface area contributed by atoms with Gasteiger partial charge in [0.15, 0.2) is 0 Å². The van der Waals surface area contributed by atoms with Crippen molar-refractivity contribution >= 4 is 13.2 Å². The largest absolute Gasteiger partial charge is 0.673 e. The van der Waals surface area contributed by atoms with Crippen LogP contribution in [0.3, 0.4) is 0 Å². The Kier molecular flexibility index (Phi) is 11.6. The third-order valence-electron chi connectivity index (χ3n) is 1.74. The molecule has 0 aromatic carbocycles. The van der Waals surface area contributed by atoms with Gasteiger partial charge in [0.2, 0.25) is 0 Å². The molecular weight excluding hydrogens is 287 g/mol. The first-order valence-corrected chi connectivity index (χ1v) is 6.11. The van der Waals surface area contributed by atoms with Gasteiger partial charge in [-0.2, -0.15) is 0 Å². The summed E-state index contributed by atoms with van der Waals surface area (Å²) >= 11 is 0. The maximum Gasteiger partial charge on any atom is 0.673 e. The first kappa shape index (κ1) is 21.4. The molecule has 5 nitrogen and oxygen atoms in total. The summed E-state index contributed by atoms with van der Waals surface area (Å²) in [6.45, 7) is 6.69. The van der Waals surface area contributed by atoms with Crippen LogP contribution in [0.4, 0.5) is 17.3 Å². The summed E-state index contributed by atoms with van der Waals surface area (Å²) < 4.78 is 55.1. The lowest BCUT2D eigenvalue weighted by atomic mass is 10.2. The van der Waals surface area contributed by atoms with Crippen molar-refractivity contribution in [2.24, 2.45) is 0 Å². The molecule has 0 rings (SSSR count). The number of carboxylic acids is 1. The smallest absolute Gasteiger partial charge is 0.481 e. The van der Waals surface area contributed by atoms with Crippen molar-refractivity contribution in [1.82, 2.24) is 0 Å². The number of ether oxygens (including phenoxy) is 3. The third-order valence-corrected chi connectivity index (χ3v) is 1.74. The van der Waals surface area contributed by atoms with Crippen molar-refractivity contribution in [1.29, 1.82) is 0 Å². The second-order valence-electron chi connectivity index (χ2n) is 3.37. The van der Waals surface area contributed by atoms with Crippen LogP contribution >= 0.6 is 0 Å². The van der Waals surface area contributed by atoms with Crippen LogP contribution < -0.4 is 0 Å². The van der Waals surface area contributed by atoms with Gasteiger partial charge in [-0.1, -0.05) is 0 Å². The second kappa shape index (κ2) is 10.9. The van der Waals surface area contributed by atoms with E-state index in [0.717, 1.165) is 0 Å². The fraction of sp³-hybridized carbons (Fsp3) is 0.900. The molecule has 0 bridgehead atoms. The molecule has 0 saturated carbocycles. The molecule has 0 spiro atoms. The summed E-state index contributed by atoms with van der Waals surface area (Å²) in [6.07, 6.45) is 0.151. The number of carbonyl (C=O) groups is 1. The second-order valence-corrected chi connectivity index (χ2v) is 3.37. The van der Waals surface area contributed by atoms with Gasteiger partial charge in [-0.15, -0.1) is 0 Å². The van der Waals surface area contributed by atoms with Crippen LogP contribution in [0.2, 0.25) is 0 Å². The van der Waals surface area contributed by atoms with Crippen LogP contribution in [0.15, 0.2) is 0 Å². The molecule has 0 aliphatic rings. The Morgan fingerprint density at radius 2 is 1.30 bits per heavy atom. The number of hydrogen-bond donors (Lipinski definition) is 1. The van der Waals surface area contributed by atoms with Crippen LogP contribution in [0, 0.1) is 0 Å². The highest BCUT2D eigenvalue weighted by Crippen LogP contribution is 2.22. The summed E-state index contributed by atoms with van der Waals surface area (Å²) in [5.74, 6) is -2.09. The Balaban J connectivity index is 0. The quantitative estimate of drug-likeness (QED) is 0.403. The summed E-state index contributed by atoms with van der Waals surface area (Å²) in [5, 5.41) is 8.61. The van der Waals surface area contributed by atoms with Gasteiger partial charge < -0.3 is 36.6 Å². The van der Waals surface area contributed by atoms with Crippen LogP contribution in [-0.4, -0.2) is 44.1 Å². The van der Waals surface area contributed by atoms with Gasteiger partial charge in [0.05, 0.1) is 6.42 Å². The fourth-order valence-corrected chi connectivity index (χ4v) is 1.26. The fourth-order valence-electron chi connectivity index (χ4n) is 1.26. The highest BCUT2D eigenvalue weighted by atomic mass is 19.5. The van der Waals surface area contributed by atoms with Crippen molar-refractivity contribution < 1.29 is 41.4 Å². The Morgan fingerprint density at radius 3 is 1.50 bits per heavy atom. The number of hydrogen-bond acceptors (Lipinski definition) is 4. The normalized spacial score (nSPS) is 11.8. The molecule has 1 N–H and O–H groups in total. The van der Waals surface area contributed by atoms with Crippen molar-refractivity contribution in [3.63, 3.8) is 0 Å². The Hall–Kier alpha value is -0.865. The van der Waals surface area contributed by atoms with E-state index in [1.54, 1.807) is 0 Å². The first-order chi connectivity index (χ1) is 9.10. The minimum absolute atomic E-state index is 0.0417. The highest BCUT2D eigenvalue weighted by molar-refractivity contribution is 6.50. The van der Waals surface area contributed by atoms with Crippen LogP contribution in [0.25, 0.3) is 0 Å². The maximum absolute atomic E-state index is 10.5. The predicted octanol–water partition coefficient (Wildman–Crippen LogP) is 2.91. The van der Waals surface area contributed by atoms with Crippen LogP contribution in [-0.2, 0) is 19.0 Å². The number of carboxylic acid groups (broad SMARTS) is 1. The summed E-state index contributed by atoms with van der Waals surface area (Å²) in [7, 11) is -6.00. The highest BCUT2D eigenvalue weighted by Gasteiger charge is 2.32. The van der Waals surface area contributed by atoms with E-state index in [0.29, 0.717) is 19.8 Å². The van der Waals surface area contributed by atoms with Crippen molar-refractivity contribution in [2.75, 3.05) is 19.8 Å². The Labute approximate surface area is 115 Å². The minimum atomic E-state index is -6.00. The van der Waals surface area contributed by atoms with E-state index >= 15 is 0 Å². The van der Waals surface area contributed by atoms with Crippen molar-refractivity contribution in [2.45, 2.75) is 39.6 Å². The molecule has 10 heteroatoms. The molecule has 0 aromatic rings. The lowest BCUT2D eigenvalue weighted by molar-refractivity contribution is -0.379. The number of aliphatic carboxylic acids is 1. The summed E-state index contributed by atoms with van der Waals surface area (Å²) in [5.41, 5.74) is 0. The van der Waals surface area contributed by atoms with E-state index in [1.807, 2.05) is 20.8 Å². The van der Waals surface area contributed by atoms with Crippen LogP contribution in [0.5, 0.6) is 0 Å². The zero-order valence-corrected chi connectivity index (χ0v) is 11.7. The topological polar surface area (TPSA) is 65.0 Å². The Morgan fingerprint density at radius 1 is 1.00 bits per heavy atom. The van der Waals surface area contributed by atoms with Gasteiger partial charge in [-0.25, -0.2) is 0 Å². The van der Waals surface area contributed by atoms with Crippen molar-refractivity contribution in [3.8, 4) is 0 Å². The van der Waals surface area contributed by atoms with E-state index in [9.17, 15) is 22.1 Å². The van der Waals surface area contributed by atoms with E-state index in [1.165, 1.54) is 0 Å². The standard InChI is InChI=1S/C10H20O5.BF4/c1-4-13-10(14-5-2,15-6-3)8-7-9(11)12;2-1(3,4)5/h4-8H2,1-3H3,(H,11,12);/q;-1. The zero-order valence-electron chi connectivity index (χ0n) is 11.7. The molecule has 0 atom stereocenters. The molecule has 20 heavy (non-hydrogen) atoms. The summed E-state index contributed by atoms with van der Waals surface area (Å²) in [4.78, 5) is 10.5. The van der Waals surface area contributed by atoms with Gasteiger partial charge in [-0.05, 0) is 20.8 Å². The first-order valence-electron chi connectivity index (χ1n) is 6.11. The minimum Gasteiger partial charge on any atom is -0.481 e.